The Labute approximate surface area is 160 Å². The van der Waals surface area contributed by atoms with Crippen LogP contribution in [0.4, 0.5) is 0 Å². The van der Waals surface area contributed by atoms with Crippen LogP contribution in [0.2, 0.25) is 10.0 Å². The zero-order valence-corrected chi connectivity index (χ0v) is 15.1. The van der Waals surface area contributed by atoms with Gasteiger partial charge in [0.15, 0.2) is 18.1 Å². The van der Waals surface area contributed by atoms with Crippen molar-refractivity contribution in [2.24, 2.45) is 0 Å². The van der Waals surface area contributed by atoms with Crippen LogP contribution in [0.1, 0.15) is 15.9 Å². The molecule has 0 bridgehead atoms. The number of allylic oxidation sites excluding steroid dienone is 1. The fourth-order valence-electron chi connectivity index (χ4n) is 2.17. The molecule has 0 aliphatic carbocycles. The molecule has 0 aromatic heterocycles. The Bertz CT molecular complexity index is 936. The zero-order valence-electron chi connectivity index (χ0n) is 13.6. The van der Waals surface area contributed by atoms with Crippen LogP contribution in [0.25, 0.3) is 6.08 Å². The maximum absolute atomic E-state index is 12.6. The van der Waals surface area contributed by atoms with Gasteiger partial charge in [-0.1, -0.05) is 35.3 Å². The van der Waals surface area contributed by atoms with Crippen molar-refractivity contribution in [1.29, 1.82) is 10.5 Å². The highest BCUT2D eigenvalue weighted by atomic mass is 35.5. The summed E-state index contributed by atoms with van der Waals surface area (Å²) in [6.45, 7) is -0.127. The Kier molecular flexibility index (Phi) is 6.63. The molecule has 0 amide bonds. The van der Waals surface area contributed by atoms with Crippen molar-refractivity contribution in [3.63, 3.8) is 0 Å². The summed E-state index contributed by atoms with van der Waals surface area (Å²) >= 11 is 12.1. The van der Waals surface area contributed by atoms with Gasteiger partial charge in [-0.3, -0.25) is 4.79 Å². The molecule has 130 valence electrons. The zero-order chi connectivity index (χ0) is 19.1. The predicted molar refractivity (Wildman–Crippen MR) is 98.5 cm³/mol. The SMILES string of the molecule is COc1cc(C=C(C#N)C(=O)c2c(Cl)cccc2Cl)ccc1OCC#N. The summed E-state index contributed by atoms with van der Waals surface area (Å²) in [5, 5.41) is 18.3. The topological polar surface area (TPSA) is 83.1 Å². The van der Waals surface area contributed by atoms with Gasteiger partial charge in [0.25, 0.3) is 0 Å². The lowest BCUT2D eigenvalue weighted by atomic mass is 10.0. The lowest BCUT2D eigenvalue weighted by Crippen LogP contribution is -2.04. The summed E-state index contributed by atoms with van der Waals surface area (Å²) in [5.74, 6) is 0.173. The van der Waals surface area contributed by atoms with E-state index in [1.807, 2.05) is 12.1 Å². The Hall–Kier alpha value is -2.99. The second-order valence-electron chi connectivity index (χ2n) is 4.95. The average Bonchev–Trinajstić information content (AvgIpc) is 2.64. The van der Waals surface area contributed by atoms with Crippen LogP contribution >= 0.6 is 23.2 Å². The minimum absolute atomic E-state index is 0.0737. The smallest absolute Gasteiger partial charge is 0.206 e. The fraction of sp³-hybridized carbons (Fsp3) is 0.105. The highest BCUT2D eigenvalue weighted by Gasteiger charge is 2.19. The highest BCUT2D eigenvalue weighted by Crippen LogP contribution is 2.30. The van der Waals surface area contributed by atoms with Crippen LogP contribution in [0.15, 0.2) is 42.0 Å². The lowest BCUT2D eigenvalue weighted by Gasteiger charge is -2.09. The third-order valence-electron chi connectivity index (χ3n) is 3.35. The van der Waals surface area contributed by atoms with Gasteiger partial charge in [0.05, 0.1) is 22.7 Å². The van der Waals surface area contributed by atoms with Crippen LogP contribution in [-0.2, 0) is 0 Å². The summed E-state index contributed by atoms with van der Waals surface area (Å²) < 4.78 is 10.4. The molecule has 2 rings (SSSR count). The van der Waals surface area contributed by atoms with E-state index in [2.05, 4.69) is 0 Å². The maximum atomic E-state index is 12.6. The number of ketones is 1. The van der Waals surface area contributed by atoms with Crippen molar-refractivity contribution in [2.45, 2.75) is 0 Å². The minimum Gasteiger partial charge on any atom is -0.493 e. The fourth-order valence-corrected chi connectivity index (χ4v) is 2.74. The summed E-state index contributed by atoms with van der Waals surface area (Å²) in [5.41, 5.74) is 0.483. The quantitative estimate of drug-likeness (QED) is 0.408. The van der Waals surface area contributed by atoms with E-state index in [-0.39, 0.29) is 27.8 Å². The van der Waals surface area contributed by atoms with E-state index in [1.54, 1.807) is 24.3 Å². The van der Waals surface area contributed by atoms with E-state index < -0.39 is 5.78 Å². The molecule has 26 heavy (non-hydrogen) atoms. The third-order valence-corrected chi connectivity index (χ3v) is 3.98. The van der Waals surface area contributed by atoms with Crippen molar-refractivity contribution in [3.8, 4) is 23.6 Å². The van der Waals surface area contributed by atoms with Gasteiger partial charge in [0.1, 0.15) is 17.7 Å². The molecule has 0 N–H and O–H groups in total. The van der Waals surface area contributed by atoms with Crippen LogP contribution in [-0.4, -0.2) is 19.5 Å². The number of methoxy groups -OCH3 is 1. The number of hydrogen-bond donors (Lipinski definition) is 0. The Morgan fingerprint density at radius 1 is 1.15 bits per heavy atom. The molecule has 5 nitrogen and oxygen atoms in total. The molecular weight excluding hydrogens is 375 g/mol. The van der Waals surface area contributed by atoms with Crippen molar-refractivity contribution in [1.82, 2.24) is 0 Å². The number of nitrogens with zero attached hydrogens (tertiary/aromatic N) is 2. The second-order valence-corrected chi connectivity index (χ2v) is 5.77. The molecule has 0 atom stereocenters. The molecule has 0 saturated heterocycles. The van der Waals surface area contributed by atoms with Crippen LogP contribution in [0, 0.1) is 22.7 Å². The number of carbonyl (C=O) groups is 1. The molecule has 0 saturated carbocycles. The third kappa shape index (κ3) is 4.34. The normalized spacial score (nSPS) is 10.6. The number of nitriles is 2. The predicted octanol–water partition coefficient (Wildman–Crippen LogP) is 4.69. The number of carbonyl (C=O) groups excluding carboxylic acids is 1. The van der Waals surface area contributed by atoms with Gasteiger partial charge in [-0.15, -0.1) is 0 Å². The first-order chi connectivity index (χ1) is 12.5. The van der Waals surface area contributed by atoms with Gasteiger partial charge in [-0.25, -0.2) is 0 Å². The van der Waals surface area contributed by atoms with Gasteiger partial charge < -0.3 is 9.47 Å². The molecule has 0 aliphatic heterocycles. The molecule has 0 unspecified atom stereocenters. The van der Waals surface area contributed by atoms with E-state index in [4.69, 9.17) is 37.9 Å². The molecule has 0 spiro atoms. The number of hydrogen-bond acceptors (Lipinski definition) is 5. The van der Waals surface area contributed by atoms with Gasteiger partial charge >= 0.3 is 0 Å². The molecule has 0 radical (unpaired) electrons. The first-order valence-corrected chi connectivity index (χ1v) is 8.05. The number of halogens is 2. The Morgan fingerprint density at radius 2 is 1.85 bits per heavy atom. The largest absolute Gasteiger partial charge is 0.493 e. The van der Waals surface area contributed by atoms with E-state index >= 15 is 0 Å². The van der Waals surface area contributed by atoms with Crippen molar-refractivity contribution in [3.05, 3.63) is 63.1 Å². The minimum atomic E-state index is -0.577. The van der Waals surface area contributed by atoms with Gasteiger partial charge in [-0.05, 0) is 35.9 Å². The van der Waals surface area contributed by atoms with Crippen molar-refractivity contribution >= 4 is 35.1 Å². The second kappa shape index (κ2) is 8.92. The summed E-state index contributed by atoms with van der Waals surface area (Å²) in [6, 6.07) is 13.2. The molecule has 2 aromatic rings. The molecule has 0 heterocycles. The first-order valence-electron chi connectivity index (χ1n) is 7.30. The Morgan fingerprint density at radius 3 is 2.42 bits per heavy atom. The van der Waals surface area contributed by atoms with E-state index in [0.717, 1.165) is 0 Å². The van der Waals surface area contributed by atoms with Crippen LogP contribution < -0.4 is 9.47 Å². The van der Waals surface area contributed by atoms with E-state index in [1.165, 1.54) is 25.3 Å². The van der Waals surface area contributed by atoms with Crippen molar-refractivity contribution < 1.29 is 14.3 Å². The summed E-state index contributed by atoms with van der Waals surface area (Å²) in [6.07, 6.45) is 1.40. The number of ether oxygens (including phenoxy) is 2. The van der Waals surface area contributed by atoms with Crippen LogP contribution in [0.5, 0.6) is 11.5 Å². The van der Waals surface area contributed by atoms with Crippen LogP contribution in [0.3, 0.4) is 0 Å². The summed E-state index contributed by atoms with van der Waals surface area (Å²) in [7, 11) is 1.45. The average molecular weight is 387 g/mol. The van der Waals surface area contributed by atoms with Gasteiger partial charge in [-0.2, -0.15) is 10.5 Å². The molecule has 7 heteroatoms. The molecule has 0 aliphatic rings. The number of Topliss-reactive ketones (excluding diaryl/α,β-unsaturated/α-hetero) is 1. The van der Waals surface area contributed by atoms with E-state index in [9.17, 15) is 10.1 Å². The van der Waals surface area contributed by atoms with Gasteiger partial charge in [0.2, 0.25) is 5.78 Å². The Balaban J connectivity index is 2.42. The summed E-state index contributed by atoms with van der Waals surface area (Å²) in [4.78, 5) is 12.6. The number of benzene rings is 2. The first kappa shape index (κ1) is 19.3. The molecular formula is C19H12Cl2N2O3. The standard InChI is InChI=1S/C19H12Cl2N2O3/c1-25-17-10-12(5-6-16(17)26-8-7-22)9-13(11-23)19(24)18-14(20)3-2-4-15(18)21/h2-6,9-10H,8H2,1H3. The number of rotatable bonds is 6. The lowest BCUT2D eigenvalue weighted by molar-refractivity contribution is 0.104. The van der Waals surface area contributed by atoms with E-state index in [0.29, 0.717) is 17.1 Å². The maximum Gasteiger partial charge on any atom is 0.206 e. The monoisotopic (exact) mass is 386 g/mol. The van der Waals surface area contributed by atoms with Crippen molar-refractivity contribution in [2.75, 3.05) is 13.7 Å². The van der Waals surface area contributed by atoms with Gasteiger partial charge in [0, 0.05) is 0 Å². The molecule has 0 fully saturated rings. The molecule has 2 aromatic carbocycles. The highest BCUT2D eigenvalue weighted by molar-refractivity contribution is 6.41.